The number of carbonyl (C=O) groups excluding carboxylic acids is 1. The number of amides is 1. The number of fused-ring (bicyclic) bond motifs is 1. The summed E-state index contributed by atoms with van der Waals surface area (Å²) in [5.74, 6) is 0.650. The number of nitrogens with one attached hydrogen (secondary N) is 1. The average Bonchev–Trinajstić information content (AvgIpc) is 2.78. The Hall–Kier alpha value is -4.00. The number of anilines is 1. The molecule has 1 amide bonds. The smallest absolute Gasteiger partial charge is 0.276 e. The number of benzene rings is 2. The number of rotatable bonds is 6. The van der Waals surface area contributed by atoms with Crippen LogP contribution in [-0.4, -0.2) is 20.7 Å². The Bertz CT molecular complexity index is 1250. The van der Waals surface area contributed by atoms with Gasteiger partial charge in [0, 0.05) is 24.2 Å². The van der Waals surface area contributed by atoms with Gasteiger partial charge in [-0.3, -0.25) is 14.6 Å². The summed E-state index contributed by atoms with van der Waals surface area (Å²) in [7, 11) is 0. The second-order valence-corrected chi connectivity index (χ2v) is 6.66. The van der Waals surface area contributed by atoms with Crippen molar-refractivity contribution in [1.29, 1.82) is 0 Å². The molecule has 0 atom stereocenters. The highest BCUT2D eigenvalue weighted by molar-refractivity contribution is 6.11. The number of pyridine rings is 1. The monoisotopic (exact) mass is 400 g/mol. The number of ether oxygens (including phenoxy) is 1. The van der Waals surface area contributed by atoms with E-state index in [9.17, 15) is 9.59 Å². The molecule has 0 radical (unpaired) electrons. The van der Waals surface area contributed by atoms with E-state index in [1.165, 1.54) is 10.9 Å². The van der Waals surface area contributed by atoms with Crippen molar-refractivity contribution in [2.24, 2.45) is 0 Å². The van der Waals surface area contributed by atoms with Crippen LogP contribution in [0.4, 0.5) is 5.69 Å². The minimum Gasteiger partial charge on any atom is -0.455 e. The van der Waals surface area contributed by atoms with Crippen LogP contribution in [0.15, 0.2) is 77.9 Å². The molecule has 0 aliphatic rings. The summed E-state index contributed by atoms with van der Waals surface area (Å²) in [6.45, 7) is 2.38. The van der Waals surface area contributed by atoms with Crippen LogP contribution in [0, 0.1) is 0 Å². The summed E-state index contributed by atoms with van der Waals surface area (Å²) >= 11 is 0. The molecule has 2 aromatic heterocycles. The van der Waals surface area contributed by atoms with Gasteiger partial charge in [-0.05, 0) is 24.6 Å². The normalized spacial score (nSPS) is 10.7. The Kier molecular flexibility index (Phi) is 5.52. The third-order valence-corrected chi connectivity index (χ3v) is 4.52. The van der Waals surface area contributed by atoms with Crippen molar-refractivity contribution in [3.63, 3.8) is 0 Å². The molecule has 7 heteroatoms. The molecule has 4 rings (SSSR count). The molecular weight excluding hydrogens is 380 g/mol. The number of nitrogens with zero attached hydrogens (tertiary/aromatic N) is 3. The molecule has 0 aliphatic carbocycles. The minimum absolute atomic E-state index is 0.174. The number of aromatic nitrogens is 3. The van der Waals surface area contributed by atoms with E-state index in [0.29, 0.717) is 34.5 Å². The maximum Gasteiger partial charge on any atom is 0.276 e. The molecule has 0 fully saturated rings. The summed E-state index contributed by atoms with van der Waals surface area (Å²) in [6, 6.07) is 17.9. The van der Waals surface area contributed by atoms with Gasteiger partial charge in [-0.2, -0.15) is 5.10 Å². The van der Waals surface area contributed by atoms with Gasteiger partial charge in [0.25, 0.3) is 11.5 Å². The highest BCUT2D eigenvalue weighted by Crippen LogP contribution is 2.29. The first-order valence-corrected chi connectivity index (χ1v) is 9.65. The Morgan fingerprint density at radius 1 is 1.03 bits per heavy atom. The fraction of sp³-hybridized carbons (Fsp3) is 0.130. The molecule has 150 valence electrons. The molecule has 7 nitrogen and oxygen atoms in total. The van der Waals surface area contributed by atoms with Crippen LogP contribution in [0.3, 0.4) is 0 Å². The van der Waals surface area contributed by atoms with Crippen molar-refractivity contribution in [2.75, 3.05) is 5.32 Å². The molecule has 0 bridgehead atoms. The Balaban J connectivity index is 1.71. The molecule has 1 N–H and O–H groups in total. The Morgan fingerprint density at radius 2 is 1.77 bits per heavy atom. The second kappa shape index (κ2) is 8.57. The van der Waals surface area contributed by atoms with E-state index in [4.69, 9.17) is 4.74 Å². The van der Waals surface area contributed by atoms with E-state index in [2.05, 4.69) is 15.4 Å². The highest BCUT2D eigenvalue weighted by Gasteiger charge is 2.18. The summed E-state index contributed by atoms with van der Waals surface area (Å²) in [4.78, 5) is 29.9. The predicted molar refractivity (Wildman–Crippen MR) is 115 cm³/mol. The van der Waals surface area contributed by atoms with Crippen LogP contribution in [0.25, 0.3) is 10.8 Å². The van der Waals surface area contributed by atoms with E-state index in [1.807, 2.05) is 37.3 Å². The lowest BCUT2D eigenvalue weighted by Crippen LogP contribution is -2.27. The zero-order valence-corrected chi connectivity index (χ0v) is 16.4. The second-order valence-electron chi connectivity index (χ2n) is 6.66. The standard InChI is InChI=1S/C23H20N4O3/c1-2-14-27-23(29)18-11-7-6-10-17(18)21(26-27)22(28)25-19-15-24-13-12-20(19)30-16-8-4-3-5-9-16/h3-13,15H,2,14H2,1H3,(H,25,28). The third-order valence-electron chi connectivity index (χ3n) is 4.52. The van der Waals surface area contributed by atoms with Gasteiger partial charge >= 0.3 is 0 Å². The molecule has 0 aliphatic heterocycles. The SMILES string of the molecule is CCCn1nc(C(=O)Nc2cnccc2Oc2ccccc2)c2ccccc2c1=O. The lowest BCUT2D eigenvalue weighted by Gasteiger charge is -2.13. The molecule has 0 saturated heterocycles. The summed E-state index contributed by atoms with van der Waals surface area (Å²) in [5, 5.41) is 8.11. The van der Waals surface area contributed by atoms with Gasteiger partial charge in [0.1, 0.15) is 11.4 Å². The first kappa shape index (κ1) is 19.3. The zero-order chi connectivity index (χ0) is 20.9. The van der Waals surface area contributed by atoms with E-state index in [0.717, 1.165) is 6.42 Å². The van der Waals surface area contributed by atoms with Crippen LogP contribution in [0.5, 0.6) is 11.5 Å². The largest absolute Gasteiger partial charge is 0.455 e. The Labute approximate surface area is 173 Å². The van der Waals surface area contributed by atoms with Gasteiger partial charge in [-0.1, -0.05) is 43.3 Å². The molecule has 2 heterocycles. The van der Waals surface area contributed by atoms with Crippen LogP contribution in [-0.2, 0) is 6.54 Å². The molecule has 0 spiro atoms. The van der Waals surface area contributed by atoms with E-state index >= 15 is 0 Å². The van der Waals surface area contributed by atoms with Crippen LogP contribution in [0.2, 0.25) is 0 Å². The summed E-state index contributed by atoms with van der Waals surface area (Å²) in [5.41, 5.74) is 0.372. The first-order chi connectivity index (χ1) is 14.7. The van der Waals surface area contributed by atoms with E-state index in [-0.39, 0.29) is 11.3 Å². The summed E-state index contributed by atoms with van der Waals surface area (Å²) in [6.07, 6.45) is 3.83. The fourth-order valence-electron chi connectivity index (χ4n) is 3.13. The van der Waals surface area contributed by atoms with Crippen LogP contribution < -0.4 is 15.6 Å². The molecule has 2 aromatic carbocycles. The van der Waals surface area contributed by atoms with Crippen LogP contribution >= 0.6 is 0 Å². The minimum atomic E-state index is -0.443. The average molecular weight is 400 g/mol. The maximum absolute atomic E-state index is 13.1. The van der Waals surface area contributed by atoms with Gasteiger partial charge < -0.3 is 10.1 Å². The highest BCUT2D eigenvalue weighted by atomic mass is 16.5. The van der Waals surface area contributed by atoms with Crippen LogP contribution in [0.1, 0.15) is 23.8 Å². The summed E-state index contributed by atoms with van der Waals surface area (Å²) < 4.78 is 7.22. The Morgan fingerprint density at radius 3 is 2.53 bits per heavy atom. The van der Waals surface area contributed by atoms with Crippen molar-refractivity contribution >= 4 is 22.4 Å². The predicted octanol–water partition coefficient (Wildman–Crippen LogP) is 4.25. The maximum atomic E-state index is 13.1. The van der Waals surface area contributed by atoms with Crippen molar-refractivity contribution in [1.82, 2.24) is 14.8 Å². The zero-order valence-electron chi connectivity index (χ0n) is 16.4. The van der Waals surface area contributed by atoms with Gasteiger partial charge in [0.2, 0.25) is 0 Å². The van der Waals surface area contributed by atoms with Crippen molar-refractivity contribution in [3.8, 4) is 11.5 Å². The molecule has 4 aromatic rings. The van der Waals surface area contributed by atoms with Crippen molar-refractivity contribution in [3.05, 3.63) is 89.1 Å². The van der Waals surface area contributed by atoms with Gasteiger partial charge in [-0.15, -0.1) is 0 Å². The van der Waals surface area contributed by atoms with E-state index in [1.54, 1.807) is 36.5 Å². The van der Waals surface area contributed by atoms with Crippen molar-refractivity contribution < 1.29 is 9.53 Å². The third kappa shape index (κ3) is 3.91. The number of carbonyl (C=O) groups is 1. The number of aryl methyl sites for hydroxylation is 1. The molecular formula is C23H20N4O3. The van der Waals surface area contributed by atoms with Gasteiger partial charge in [0.05, 0.1) is 11.6 Å². The van der Waals surface area contributed by atoms with E-state index < -0.39 is 5.91 Å². The molecule has 30 heavy (non-hydrogen) atoms. The fourth-order valence-corrected chi connectivity index (χ4v) is 3.13. The molecule has 0 unspecified atom stereocenters. The molecule has 0 saturated carbocycles. The van der Waals surface area contributed by atoms with Gasteiger partial charge in [0.15, 0.2) is 11.4 Å². The lowest BCUT2D eigenvalue weighted by molar-refractivity contribution is 0.102. The van der Waals surface area contributed by atoms with Gasteiger partial charge in [-0.25, -0.2) is 4.68 Å². The number of hydrogen-bond acceptors (Lipinski definition) is 5. The first-order valence-electron chi connectivity index (χ1n) is 9.65. The number of para-hydroxylation sites is 1. The quantitative estimate of drug-likeness (QED) is 0.523. The number of hydrogen-bond donors (Lipinski definition) is 1. The van der Waals surface area contributed by atoms with Crippen molar-refractivity contribution in [2.45, 2.75) is 19.9 Å². The lowest BCUT2D eigenvalue weighted by atomic mass is 10.1. The topological polar surface area (TPSA) is 86.1 Å².